The molecule has 0 saturated heterocycles. The lowest BCUT2D eigenvalue weighted by molar-refractivity contribution is -0.116. The Morgan fingerprint density at radius 3 is 2.34 bits per heavy atom. The second-order valence-electron chi connectivity index (χ2n) is 8.05. The summed E-state index contributed by atoms with van der Waals surface area (Å²) in [5.41, 5.74) is 1.93. The highest BCUT2D eigenvalue weighted by atomic mass is 19.1. The number of carbonyl (C=O) groups excluding carboxylic acids is 2. The molecule has 0 fully saturated rings. The second-order valence-corrected chi connectivity index (χ2v) is 8.05. The summed E-state index contributed by atoms with van der Waals surface area (Å²) in [5.74, 6) is -0.721. The summed E-state index contributed by atoms with van der Waals surface area (Å²) in [6.45, 7) is 4.12. The van der Waals surface area contributed by atoms with E-state index in [1.165, 1.54) is 30.5 Å². The van der Waals surface area contributed by atoms with Gasteiger partial charge in [0.25, 0.3) is 0 Å². The summed E-state index contributed by atoms with van der Waals surface area (Å²) >= 11 is 0. The Morgan fingerprint density at radius 2 is 1.69 bits per heavy atom. The summed E-state index contributed by atoms with van der Waals surface area (Å²) < 4.78 is 20.3. The predicted octanol–water partition coefficient (Wildman–Crippen LogP) is 4.97. The van der Waals surface area contributed by atoms with Gasteiger partial charge in [0, 0.05) is 17.4 Å². The number of anilines is 1. The van der Waals surface area contributed by atoms with Crippen LogP contribution in [0.2, 0.25) is 0 Å². The molecule has 4 aromatic rings. The van der Waals surface area contributed by atoms with Gasteiger partial charge in [-0.05, 0) is 61.4 Å². The number of hydrogen-bond acceptors (Lipinski definition) is 4. The van der Waals surface area contributed by atoms with E-state index in [4.69, 9.17) is 4.74 Å². The van der Waals surface area contributed by atoms with Crippen LogP contribution in [0.15, 0.2) is 77.7 Å². The third kappa shape index (κ3) is 5.30. The normalized spacial score (nSPS) is 10.8. The van der Waals surface area contributed by atoms with Gasteiger partial charge in [-0.1, -0.05) is 31.2 Å². The molecular formula is C28H25FN2O4. The molecule has 35 heavy (non-hydrogen) atoms. The molecule has 4 rings (SSSR count). The molecule has 0 bridgehead atoms. The van der Waals surface area contributed by atoms with E-state index in [9.17, 15) is 18.8 Å². The minimum Gasteiger partial charge on any atom is -0.494 e. The standard InChI is InChI=1S/C28H25FN2O4/c1-3-18-5-7-19(8-6-18)27(33)24-16-31(17-26(32)30-21-11-9-20(29)10-12-21)25-14-13-22(35-4-2)15-23(25)28(24)34/h5-16H,3-4,17H2,1-2H3,(H,30,32). The van der Waals surface area contributed by atoms with Crippen LogP contribution in [-0.2, 0) is 17.8 Å². The maximum Gasteiger partial charge on any atom is 0.244 e. The molecule has 1 N–H and O–H groups in total. The number of amides is 1. The minimum absolute atomic E-state index is 0.0371. The lowest BCUT2D eigenvalue weighted by Gasteiger charge is -2.14. The Morgan fingerprint density at radius 1 is 0.971 bits per heavy atom. The van der Waals surface area contributed by atoms with E-state index < -0.39 is 17.0 Å². The monoisotopic (exact) mass is 472 g/mol. The number of nitrogens with one attached hydrogen (secondary N) is 1. The van der Waals surface area contributed by atoms with E-state index in [0.29, 0.717) is 29.1 Å². The van der Waals surface area contributed by atoms with Crippen molar-refractivity contribution < 1.29 is 18.7 Å². The Balaban J connectivity index is 1.76. The van der Waals surface area contributed by atoms with Gasteiger partial charge >= 0.3 is 0 Å². The quantitative estimate of drug-likeness (QED) is 0.367. The molecule has 0 aliphatic carbocycles. The number of ether oxygens (including phenoxy) is 1. The van der Waals surface area contributed by atoms with Gasteiger partial charge in [-0.2, -0.15) is 0 Å². The molecule has 0 radical (unpaired) electrons. The fraction of sp³-hybridized carbons (Fsp3) is 0.179. The van der Waals surface area contributed by atoms with Crippen LogP contribution in [-0.4, -0.2) is 22.9 Å². The van der Waals surface area contributed by atoms with E-state index in [1.807, 2.05) is 26.0 Å². The van der Waals surface area contributed by atoms with E-state index in [-0.39, 0.29) is 23.4 Å². The Hall–Kier alpha value is -4.26. The third-order valence-corrected chi connectivity index (χ3v) is 5.67. The van der Waals surface area contributed by atoms with Gasteiger partial charge in [0.1, 0.15) is 18.1 Å². The van der Waals surface area contributed by atoms with Crippen LogP contribution in [0.3, 0.4) is 0 Å². The van der Waals surface area contributed by atoms with Crippen LogP contribution in [0, 0.1) is 5.82 Å². The Labute approximate surface area is 202 Å². The molecule has 6 nitrogen and oxygen atoms in total. The van der Waals surface area contributed by atoms with E-state index in [0.717, 1.165) is 12.0 Å². The number of benzene rings is 3. The fourth-order valence-electron chi connectivity index (χ4n) is 3.86. The highest BCUT2D eigenvalue weighted by Crippen LogP contribution is 2.21. The topological polar surface area (TPSA) is 77.4 Å². The smallest absolute Gasteiger partial charge is 0.244 e. The Bertz CT molecular complexity index is 1440. The van der Waals surface area contributed by atoms with Gasteiger partial charge in [-0.15, -0.1) is 0 Å². The highest BCUT2D eigenvalue weighted by Gasteiger charge is 2.19. The van der Waals surface area contributed by atoms with Gasteiger partial charge in [0.15, 0.2) is 5.78 Å². The average Bonchev–Trinajstić information content (AvgIpc) is 2.87. The van der Waals surface area contributed by atoms with Crippen molar-refractivity contribution in [3.8, 4) is 5.75 Å². The van der Waals surface area contributed by atoms with Crippen molar-refractivity contribution in [1.82, 2.24) is 4.57 Å². The second kappa shape index (κ2) is 10.3. The molecule has 178 valence electrons. The molecule has 7 heteroatoms. The van der Waals surface area contributed by atoms with Crippen LogP contribution in [0.25, 0.3) is 10.9 Å². The average molecular weight is 473 g/mol. The Kier molecular flexibility index (Phi) is 7.06. The number of ketones is 1. The lowest BCUT2D eigenvalue weighted by Crippen LogP contribution is -2.24. The predicted molar refractivity (Wildman–Crippen MR) is 134 cm³/mol. The third-order valence-electron chi connectivity index (χ3n) is 5.67. The lowest BCUT2D eigenvalue weighted by atomic mass is 10.0. The van der Waals surface area contributed by atoms with Crippen molar-refractivity contribution in [3.05, 3.63) is 106 Å². The zero-order valence-electron chi connectivity index (χ0n) is 19.5. The zero-order chi connectivity index (χ0) is 24.9. The summed E-state index contributed by atoms with van der Waals surface area (Å²) in [4.78, 5) is 39.4. The highest BCUT2D eigenvalue weighted by molar-refractivity contribution is 6.10. The van der Waals surface area contributed by atoms with Crippen LogP contribution >= 0.6 is 0 Å². The fourth-order valence-corrected chi connectivity index (χ4v) is 3.86. The van der Waals surface area contributed by atoms with E-state index in [1.54, 1.807) is 34.9 Å². The molecule has 0 saturated carbocycles. The van der Waals surface area contributed by atoms with Crippen molar-refractivity contribution >= 4 is 28.3 Å². The van der Waals surface area contributed by atoms with Crippen molar-refractivity contribution in [2.45, 2.75) is 26.8 Å². The molecule has 1 aromatic heterocycles. The summed E-state index contributed by atoms with van der Waals surface area (Å²) in [5, 5.41) is 2.99. The van der Waals surface area contributed by atoms with Crippen molar-refractivity contribution in [1.29, 1.82) is 0 Å². The molecule has 0 spiro atoms. The first kappa shape index (κ1) is 23.9. The number of aryl methyl sites for hydroxylation is 1. The van der Waals surface area contributed by atoms with Crippen LogP contribution in [0.4, 0.5) is 10.1 Å². The number of halogens is 1. The van der Waals surface area contributed by atoms with Gasteiger partial charge in [0.05, 0.1) is 23.1 Å². The zero-order valence-corrected chi connectivity index (χ0v) is 19.5. The number of carbonyl (C=O) groups is 2. The molecule has 0 aliphatic heterocycles. The number of aromatic nitrogens is 1. The SMILES string of the molecule is CCOc1ccc2c(c1)c(=O)c(C(=O)c1ccc(CC)cc1)cn2CC(=O)Nc1ccc(F)cc1. The molecule has 1 amide bonds. The summed E-state index contributed by atoms with van der Waals surface area (Å²) in [7, 11) is 0. The maximum atomic E-state index is 13.4. The van der Waals surface area contributed by atoms with Gasteiger partial charge < -0.3 is 14.6 Å². The molecule has 0 aliphatic rings. The van der Waals surface area contributed by atoms with Crippen molar-refractivity contribution in [2.75, 3.05) is 11.9 Å². The number of pyridine rings is 1. The van der Waals surface area contributed by atoms with Crippen molar-refractivity contribution in [2.24, 2.45) is 0 Å². The number of rotatable bonds is 8. The maximum absolute atomic E-state index is 13.4. The van der Waals surface area contributed by atoms with Gasteiger partial charge in [-0.25, -0.2) is 4.39 Å². The van der Waals surface area contributed by atoms with Gasteiger partial charge in [-0.3, -0.25) is 14.4 Å². The van der Waals surface area contributed by atoms with Crippen LogP contribution in [0.1, 0.15) is 35.3 Å². The van der Waals surface area contributed by atoms with E-state index >= 15 is 0 Å². The number of nitrogens with zero attached hydrogens (tertiary/aromatic N) is 1. The number of fused-ring (bicyclic) bond motifs is 1. The molecule has 0 unspecified atom stereocenters. The first-order valence-electron chi connectivity index (χ1n) is 11.4. The molecule has 3 aromatic carbocycles. The first-order valence-corrected chi connectivity index (χ1v) is 11.4. The largest absolute Gasteiger partial charge is 0.494 e. The minimum atomic E-state index is -0.429. The molecule has 0 atom stereocenters. The van der Waals surface area contributed by atoms with Gasteiger partial charge in [0.2, 0.25) is 11.3 Å². The summed E-state index contributed by atoms with van der Waals surface area (Å²) in [6.07, 6.45) is 2.26. The van der Waals surface area contributed by atoms with E-state index in [2.05, 4.69) is 5.32 Å². The number of hydrogen-bond donors (Lipinski definition) is 1. The summed E-state index contributed by atoms with van der Waals surface area (Å²) in [6, 6.07) is 17.5. The van der Waals surface area contributed by atoms with Crippen molar-refractivity contribution in [3.63, 3.8) is 0 Å². The van der Waals surface area contributed by atoms with Crippen LogP contribution in [0.5, 0.6) is 5.75 Å². The first-order chi connectivity index (χ1) is 16.9. The molecular weight excluding hydrogens is 447 g/mol. The van der Waals surface area contributed by atoms with Crippen LogP contribution < -0.4 is 15.5 Å². The molecule has 1 heterocycles.